The zero-order chi connectivity index (χ0) is 19.1. The molecule has 0 radical (unpaired) electrons. The minimum absolute atomic E-state index is 0.197. The molecule has 2 atom stereocenters. The van der Waals surface area contributed by atoms with Gasteiger partial charge in [0.25, 0.3) is 5.91 Å². The smallest absolute Gasteiger partial charge is 0.289 e. The third-order valence-corrected chi connectivity index (χ3v) is 6.90. The Morgan fingerprint density at radius 1 is 1.36 bits per heavy atom. The van der Waals surface area contributed by atoms with Crippen molar-refractivity contribution < 1.29 is 9.21 Å². The Morgan fingerprint density at radius 3 is 3.07 bits per heavy atom. The normalized spacial score (nSPS) is 21.5. The van der Waals surface area contributed by atoms with Gasteiger partial charge in [-0.15, -0.1) is 21.5 Å². The van der Waals surface area contributed by atoms with E-state index in [-0.39, 0.29) is 5.91 Å². The van der Waals surface area contributed by atoms with Crippen molar-refractivity contribution in [2.75, 3.05) is 13.1 Å². The second-order valence-electron chi connectivity index (χ2n) is 7.67. The lowest BCUT2D eigenvalue weighted by atomic mass is 9.89. The average molecular weight is 398 g/mol. The molecule has 2 aliphatic heterocycles. The number of hydrogen-bond acceptors (Lipinski definition) is 6. The summed E-state index contributed by atoms with van der Waals surface area (Å²) in [5.74, 6) is 2.85. The van der Waals surface area contributed by atoms with Crippen molar-refractivity contribution in [2.24, 2.45) is 5.92 Å². The highest BCUT2D eigenvalue weighted by atomic mass is 32.1. The molecule has 8 heteroatoms. The third kappa shape index (κ3) is 3.16. The molecule has 5 rings (SSSR count). The largest absolute Gasteiger partial charge is 0.467 e. The predicted molar refractivity (Wildman–Crippen MR) is 105 cm³/mol. The number of likely N-dealkylation sites (tertiary alicyclic amines) is 1. The summed E-state index contributed by atoms with van der Waals surface area (Å²) in [6, 6.07) is 5.84. The molecule has 146 valence electrons. The van der Waals surface area contributed by atoms with Gasteiger partial charge in [0.05, 0.1) is 12.8 Å². The number of carbonyl (C=O) groups excluding carboxylic acids is 1. The van der Waals surface area contributed by atoms with Crippen LogP contribution in [-0.2, 0) is 19.6 Å². The van der Waals surface area contributed by atoms with E-state index in [2.05, 4.69) is 38.8 Å². The molecule has 28 heavy (non-hydrogen) atoms. The Hall–Kier alpha value is -2.45. The maximum absolute atomic E-state index is 12.6. The fourth-order valence-corrected chi connectivity index (χ4v) is 5.32. The number of nitrogens with one attached hydrogen (secondary N) is 1. The minimum atomic E-state index is -0.197. The van der Waals surface area contributed by atoms with Crippen molar-refractivity contribution in [1.82, 2.24) is 25.0 Å². The monoisotopic (exact) mass is 397 g/mol. The summed E-state index contributed by atoms with van der Waals surface area (Å²) in [4.78, 5) is 16.6. The molecule has 7 nitrogen and oxygen atoms in total. The molecule has 1 N–H and O–H groups in total. The first kappa shape index (κ1) is 17.6. The van der Waals surface area contributed by atoms with Gasteiger partial charge in [0.15, 0.2) is 0 Å². The summed E-state index contributed by atoms with van der Waals surface area (Å²) in [5, 5.41) is 13.7. The van der Waals surface area contributed by atoms with E-state index in [4.69, 9.17) is 4.42 Å². The molecule has 0 aliphatic carbocycles. The fraction of sp³-hybridized carbons (Fsp3) is 0.450. The maximum Gasteiger partial charge on any atom is 0.289 e. The van der Waals surface area contributed by atoms with E-state index < -0.39 is 0 Å². The zero-order valence-electron chi connectivity index (χ0n) is 15.8. The molecule has 0 saturated carbocycles. The van der Waals surface area contributed by atoms with Crippen LogP contribution in [0, 0.1) is 12.8 Å². The lowest BCUT2D eigenvalue weighted by molar-refractivity contribution is 0.0931. The number of hydrogen-bond donors (Lipinski definition) is 1. The van der Waals surface area contributed by atoms with E-state index in [1.165, 1.54) is 10.4 Å². The van der Waals surface area contributed by atoms with Gasteiger partial charge in [0.2, 0.25) is 5.82 Å². The van der Waals surface area contributed by atoms with Crippen molar-refractivity contribution in [3.05, 3.63) is 57.7 Å². The van der Waals surface area contributed by atoms with Crippen LogP contribution in [0.2, 0.25) is 0 Å². The van der Waals surface area contributed by atoms with Crippen molar-refractivity contribution in [2.45, 2.75) is 38.9 Å². The van der Waals surface area contributed by atoms with Crippen LogP contribution in [0.25, 0.3) is 0 Å². The lowest BCUT2D eigenvalue weighted by Gasteiger charge is -2.25. The number of aromatic nitrogens is 3. The van der Waals surface area contributed by atoms with Gasteiger partial charge in [-0.25, -0.2) is 0 Å². The minimum Gasteiger partial charge on any atom is -0.467 e. The molecule has 5 heterocycles. The summed E-state index contributed by atoms with van der Waals surface area (Å²) in [6.07, 6.45) is 2.66. The number of amides is 1. The lowest BCUT2D eigenvalue weighted by Crippen LogP contribution is -2.30. The van der Waals surface area contributed by atoms with Crippen LogP contribution in [0.15, 0.2) is 34.3 Å². The summed E-state index contributed by atoms with van der Waals surface area (Å²) in [6.45, 7) is 6.41. The van der Waals surface area contributed by atoms with Crippen LogP contribution >= 0.6 is 11.3 Å². The number of aryl methyl sites for hydroxylation is 1. The van der Waals surface area contributed by atoms with Crippen LogP contribution in [0.3, 0.4) is 0 Å². The molecule has 0 spiro atoms. The highest BCUT2D eigenvalue weighted by molar-refractivity contribution is 7.10. The molecule has 1 amide bonds. The molecule has 0 bridgehead atoms. The second-order valence-corrected chi connectivity index (χ2v) is 8.67. The van der Waals surface area contributed by atoms with Gasteiger partial charge in [-0.3, -0.25) is 9.69 Å². The number of carbonyl (C=O) groups is 1. The first-order chi connectivity index (χ1) is 13.7. The van der Waals surface area contributed by atoms with Gasteiger partial charge < -0.3 is 14.3 Å². The Balaban J connectivity index is 1.29. The van der Waals surface area contributed by atoms with Crippen LogP contribution in [0.5, 0.6) is 0 Å². The van der Waals surface area contributed by atoms with E-state index in [1.807, 2.05) is 28.0 Å². The molecule has 3 aromatic rings. The van der Waals surface area contributed by atoms with Crippen molar-refractivity contribution in [3.63, 3.8) is 0 Å². The van der Waals surface area contributed by atoms with E-state index in [1.54, 1.807) is 6.26 Å². The number of nitrogens with zero attached hydrogens (tertiary/aromatic N) is 4. The van der Waals surface area contributed by atoms with Gasteiger partial charge in [-0.05, 0) is 48.4 Å². The van der Waals surface area contributed by atoms with E-state index >= 15 is 0 Å². The fourth-order valence-electron chi connectivity index (χ4n) is 4.38. The highest BCUT2D eigenvalue weighted by Crippen LogP contribution is 2.39. The van der Waals surface area contributed by atoms with Crippen molar-refractivity contribution in [1.29, 1.82) is 0 Å². The maximum atomic E-state index is 12.6. The van der Waals surface area contributed by atoms with Gasteiger partial charge in [0, 0.05) is 37.0 Å². The Labute approximate surface area is 167 Å². The third-order valence-electron chi connectivity index (χ3n) is 5.89. The predicted octanol–water partition coefficient (Wildman–Crippen LogP) is 2.79. The van der Waals surface area contributed by atoms with E-state index in [9.17, 15) is 4.79 Å². The highest BCUT2D eigenvalue weighted by Gasteiger charge is 2.40. The Morgan fingerprint density at radius 2 is 2.29 bits per heavy atom. The molecule has 3 aromatic heterocycles. The standard InChI is InChI=1S/C20H23N5O2S/c1-13-5-8-28-17(13)12-24-10-14-4-6-25-18(16(14)11-24)22-23-19(25)20(26)21-9-15-3-2-7-27-15/h2-3,5,7-8,14,16H,4,6,9-12H2,1H3,(H,21,26)/t14-,16+/m0/s1. The Bertz CT molecular complexity index is 977. The SMILES string of the molecule is Cc1ccsc1CN1C[C@@H]2CCn3c(C(=O)NCc4ccco4)nnc3[C@@H]2C1. The first-order valence-electron chi connectivity index (χ1n) is 9.68. The van der Waals surface area contributed by atoms with E-state index in [0.717, 1.165) is 44.2 Å². The molecular weight excluding hydrogens is 374 g/mol. The summed E-state index contributed by atoms with van der Waals surface area (Å²) in [7, 11) is 0. The van der Waals surface area contributed by atoms with Crippen LogP contribution < -0.4 is 5.32 Å². The van der Waals surface area contributed by atoms with Crippen molar-refractivity contribution in [3.8, 4) is 0 Å². The van der Waals surface area contributed by atoms with Gasteiger partial charge in [-0.1, -0.05) is 0 Å². The summed E-state index contributed by atoms with van der Waals surface area (Å²) in [5.41, 5.74) is 1.37. The summed E-state index contributed by atoms with van der Waals surface area (Å²) >= 11 is 1.83. The van der Waals surface area contributed by atoms with Crippen LogP contribution in [-0.4, -0.2) is 38.7 Å². The molecular formula is C20H23N5O2S. The van der Waals surface area contributed by atoms with Gasteiger partial charge >= 0.3 is 0 Å². The van der Waals surface area contributed by atoms with Gasteiger partial charge in [-0.2, -0.15) is 0 Å². The Kier molecular flexibility index (Phi) is 4.52. The van der Waals surface area contributed by atoms with E-state index in [0.29, 0.717) is 24.2 Å². The number of fused-ring (bicyclic) bond motifs is 3. The average Bonchev–Trinajstić information content (AvgIpc) is 3.47. The van der Waals surface area contributed by atoms with Crippen molar-refractivity contribution >= 4 is 17.2 Å². The second kappa shape index (κ2) is 7.18. The first-order valence-corrected chi connectivity index (χ1v) is 10.6. The number of furan rings is 1. The molecule has 1 fully saturated rings. The summed E-state index contributed by atoms with van der Waals surface area (Å²) < 4.78 is 7.28. The molecule has 2 aliphatic rings. The quantitative estimate of drug-likeness (QED) is 0.716. The van der Waals surface area contributed by atoms with Crippen LogP contribution in [0.4, 0.5) is 0 Å². The van der Waals surface area contributed by atoms with Crippen LogP contribution in [0.1, 0.15) is 45.0 Å². The molecule has 1 saturated heterocycles. The topological polar surface area (TPSA) is 76.2 Å². The van der Waals surface area contributed by atoms with Gasteiger partial charge in [0.1, 0.15) is 11.6 Å². The number of thiophene rings is 1. The molecule has 0 unspecified atom stereocenters. The number of rotatable bonds is 5. The molecule has 0 aromatic carbocycles. The zero-order valence-corrected chi connectivity index (χ0v) is 16.6.